The molecule has 138 valence electrons. The van der Waals surface area contributed by atoms with Crippen molar-refractivity contribution < 1.29 is 9.53 Å². The zero-order valence-electron chi connectivity index (χ0n) is 15.3. The van der Waals surface area contributed by atoms with Crippen molar-refractivity contribution >= 4 is 40.3 Å². The van der Waals surface area contributed by atoms with Gasteiger partial charge in [0.2, 0.25) is 0 Å². The van der Waals surface area contributed by atoms with Gasteiger partial charge in [-0.05, 0) is 29.5 Å². The summed E-state index contributed by atoms with van der Waals surface area (Å²) in [5.41, 5.74) is 2.17. The number of benzene rings is 2. The quantitative estimate of drug-likeness (QED) is 0.728. The highest BCUT2D eigenvalue weighted by atomic mass is 32.2. The molecule has 1 saturated heterocycles. The van der Waals surface area contributed by atoms with Crippen molar-refractivity contribution in [1.82, 2.24) is 4.90 Å². The Labute approximate surface area is 167 Å². The maximum Gasteiger partial charge on any atom is 0.269 e. The summed E-state index contributed by atoms with van der Waals surface area (Å²) in [6, 6.07) is 16.0. The Kier molecular flexibility index (Phi) is 4.88. The molecular weight excluding hydrogens is 378 g/mol. The Bertz CT molecular complexity index is 957. The molecule has 2 aliphatic heterocycles. The van der Waals surface area contributed by atoms with Crippen LogP contribution in [0.3, 0.4) is 0 Å². The van der Waals surface area contributed by atoms with Crippen molar-refractivity contribution in [2.24, 2.45) is 4.99 Å². The van der Waals surface area contributed by atoms with Gasteiger partial charge >= 0.3 is 0 Å². The van der Waals surface area contributed by atoms with Crippen LogP contribution in [-0.2, 0) is 11.3 Å². The zero-order valence-corrected chi connectivity index (χ0v) is 16.9. The van der Waals surface area contributed by atoms with Crippen LogP contribution in [0.1, 0.15) is 5.56 Å². The topological polar surface area (TPSA) is 45.1 Å². The maximum atomic E-state index is 12.8. The van der Waals surface area contributed by atoms with Crippen LogP contribution in [0.25, 0.3) is 0 Å². The molecule has 7 heteroatoms. The lowest BCUT2D eigenvalue weighted by molar-refractivity contribution is -0.121. The SMILES string of the molecule is COc1ccc2c(c1)N(C)/C(=C1\SC(=NCc3ccccc3)N(C)C1=O)S2. The number of thioether (sulfide) groups is 2. The number of carbonyl (C=O) groups excluding carboxylic acids is 1. The molecule has 0 aromatic heterocycles. The summed E-state index contributed by atoms with van der Waals surface area (Å²) in [6.07, 6.45) is 0. The van der Waals surface area contributed by atoms with Gasteiger partial charge in [-0.3, -0.25) is 14.7 Å². The first-order valence-electron chi connectivity index (χ1n) is 8.46. The van der Waals surface area contributed by atoms with E-state index in [0.717, 1.165) is 32.1 Å². The van der Waals surface area contributed by atoms with Gasteiger partial charge in [0, 0.05) is 25.1 Å². The van der Waals surface area contributed by atoms with Crippen molar-refractivity contribution in [1.29, 1.82) is 0 Å². The minimum atomic E-state index is -0.0130. The van der Waals surface area contributed by atoms with Gasteiger partial charge in [0.05, 0.1) is 24.4 Å². The van der Waals surface area contributed by atoms with E-state index < -0.39 is 0 Å². The van der Waals surface area contributed by atoms with Crippen LogP contribution in [0.2, 0.25) is 0 Å². The third kappa shape index (κ3) is 3.33. The number of hydrogen-bond acceptors (Lipinski definition) is 6. The number of nitrogens with zero attached hydrogens (tertiary/aromatic N) is 3. The molecule has 1 fully saturated rings. The number of aliphatic imine (C=N–C) groups is 1. The van der Waals surface area contributed by atoms with Gasteiger partial charge in [0.25, 0.3) is 5.91 Å². The predicted molar refractivity (Wildman–Crippen MR) is 112 cm³/mol. The standard InChI is InChI=1S/C20H19N3O2S2/c1-22-15-11-14(25-3)9-10-16(15)26-19(22)17-18(24)23(2)20(27-17)21-12-13-7-5-4-6-8-13/h4-11H,12H2,1-3H3/b19-17+,21-20?. The lowest BCUT2D eigenvalue weighted by atomic mass is 10.2. The highest BCUT2D eigenvalue weighted by Gasteiger charge is 2.37. The summed E-state index contributed by atoms with van der Waals surface area (Å²) in [4.78, 5) is 23.0. The molecule has 0 bridgehead atoms. The van der Waals surface area contributed by atoms with Gasteiger partial charge in [-0.15, -0.1) is 0 Å². The van der Waals surface area contributed by atoms with Gasteiger partial charge in [-0.25, -0.2) is 0 Å². The molecule has 2 aromatic rings. The van der Waals surface area contributed by atoms with E-state index in [0.29, 0.717) is 11.4 Å². The largest absolute Gasteiger partial charge is 0.497 e. The Morgan fingerprint density at radius 2 is 1.81 bits per heavy atom. The average molecular weight is 398 g/mol. The number of fused-ring (bicyclic) bond motifs is 1. The van der Waals surface area contributed by atoms with Crippen molar-refractivity contribution in [2.75, 3.05) is 26.1 Å². The van der Waals surface area contributed by atoms with Gasteiger partial charge in [-0.2, -0.15) is 0 Å². The molecule has 27 heavy (non-hydrogen) atoms. The number of rotatable bonds is 3. The molecule has 5 nitrogen and oxygen atoms in total. The molecule has 2 heterocycles. The number of anilines is 1. The van der Waals surface area contributed by atoms with Gasteiger partial charge in [0.15, 0.2) is 5.17 Å². The summed E-state index contributed by atoms with van der Waals surface area (Å²) in [7, 11) is 5.42. The van der Waals surface area contributed by atoms with Crippen LogP contribution in [0, 0.1) is 0 Å². The smallest absolute Gasteiger partial charge is 0.269 e. The Hall–Kier alpha value is -2.38. The predicted octanol–water partition coefficient (Wildman–Crippen LogP) is 4.17. The van der Waals surface area contributed by atoms with Gasteiger partial charge in [0.1, 0.15) is 10.7 Å². The lowest BCUT2D eigenvalue weighted by Crippen LogP contribution is -2.25. The van der Waals surface area contributed by atoms with Crippen molar-refractivity contribution in [3.8, 4) is 5.75 Å². The lowest BCUT2D eigenvalue weighted by Gasteiger charge is -2.15. The molecule has 0 atom stereocenters. The second-order valence-corrected chi connectivity index (χ2v) is 8.19. The average Bonchev–Trinajstić information content (AvgIpc) is 3.17. The molecule has 1 amide bonds. The summed E-state index contributed by atoms with van der Waals surface area (Å²) >= 11 is 3.05. The third-order valence-electron chi connectivity index (χ3n) is 4.45. The van der Waals surface area contributed by atoms with E-state index in [-0.39, 0.29) is 5.91 Å². The molecule has 0 spiro atoms. The zero-order chi connectivity index (χ0) is 19.0. The van der Waals surface area contributed by atoms with E-state index in [9.17, 15) is 4.79 Å². The van der Waals surface area contributed by atoms with Crippen LogP contribution in [0.4, 0.5) is 5.69 Å². The summed E-state index contributed by atoms with van der Waals surface area (Å²) in [6.45, 7) is 0.559. The van der Waals surface area contributed by atoms with Gasteiger partial charge < -0.3 is 9.64 Å². The highest BCUT2D eigenvalue weighted by Crippen LogP contribution is 2.50. The highest BCUT2D eigenvalue weighted by molar-refractivity contribution is 8.19. The van der Waals surface area contributed by atoms with E-state index in [1.807, 2.05) is 55.6 Å². The minimum Gasteiger partial charge on any atom is -0.497 e. The monoisotopic (exact) mass is 397 g/mol. The van der Waals surface area contributed by atoms with Crippen LogP contribution < -0.4 is 9.64 Å². The Morgan fingerprint density at radius 1 is 1.04 bits per heavy atom. The number of likely N-dealkylation sites (N-methyl/N-ethyl adjacent to an activating group) is 1. The van der Waals surface area contributed by atoms with Crippen molar-refractivity contribution in [3.05, 3.63) is 64.0 Å². The van der Waals surface area contributed by atoms with E-state index in [1.165, 1.54) is 11.8 Å². The van der Waals surface area contributed by atoms with Crippen LogP contribution in [0.15, 0.2) is 68.4 Å². The van der Waals surface area contributed by atoms with Crippen molar-refractivity contribution in [2.45, 2.75) is 11.4 Å². The maximum absolute atomic E-state index is 12.8. The van der Waals surface area contributed by atoms with Crippen LogP contribution >= 0.6 is 23.5 Å². The summed E-state index contributed by atoms with van der Waals surface area (Å²) in [5, 5.41) is 1.67. The number of amides is 1. The Morgan fingerprint density at radius 3 is 2.56 bits per heavy atom. The molecule has 0 N–H and O–H groups in total. The molecule has 2 aromatic carbocycles. The first kappa shape index (κ1) is 18.0. The number of ether oxygens (including phenoxy) is 1. The Balaban J connectivity index is 1.62. The van der Waals surface area contributed by atoms with Crippen LogP contribution in [-0.4, -0.2) is 37.2 Å². The second kappa shape index (κ2) is 7.32. The molecule has 0 radical (unpaired) electrons. The molecule has 4 rings (SSSR count). The summed E-state index contributed by atoms with van der Waals surface area (Å²) in [5.74, 6) is 0.793. The molecule has 0 aliphatic carbocycles. The normalized spacial score (nSPS) is 20.6. The third-order valence-corrected chi connectivity index (χ3v) is 6.98. The fraction of sp³-hybridized carbons (Fsp3) is 0.200. The number of methoxy groups -OCH3 is 1. The number of carbonyl (C=O) groups is 1. The number of amidine groups is 1. The van der Waals surface area contributed by atoms with Gasteiger partial charge in [-0.1, -0.05) is 42.1 Å². The van der Waals surface area contributed by atoms with E-state index >= 15 is 0 Å². The fourth-order valence-electron chi connectivity index (χ4n) is 2.91. The molecular formula is C20H19N3O2S2. The van der Waals surface area contributed by atoms with Crippen molar-refractivity contribution in [3.63, 3.8) is 0 Å². The molecule has 0 saturated carbocycles. The van der Waals surface area contributed by atoms with E-state index in [1.54, 1.807) is 30.8 Å². The minimum absolute atomic E-state index is 0.0130. The second-order valence-electron chi connectivity index (χ2n) is 6.18. The fourth-order valence-corrected chi connectivity index (χ4v) is 5.20. The molecule has 2 aliphatic rings. The first-order valence-corrected chi connectivity index (χ1v) is 10.1. The van der Waals surface area contributed by atoms with E-state index in [4.69, 9.17) is 4.74 Å². The van der Waals surface area contributed by atoms with Crippen LogP contribution in [0.5, 0.6) is 5.75 Å². The summed E-state index contributed by atoms with van der Waals surface area (Å²) < 4.78 is 5.33. The first-order chi connectivity index (χ1) is 13.1. The number of hydrogen-bond donors (Lipinski definition) is 0. The van der Waals surface area contributed by atoms with E-state index in [2.05, 4.69) is 9.89 Å². The molecule has 0 unspecified atom stereocenters.